The molecule has 1 aromatic carbocycles. The van der Waals surface area contributed by atoms with Crippen molar-refractivity contribution in [3.8, 4) is 5.75 Å². The van der Waals surface area contributed by atoms with E-state index in [1.165, 1.54) is 0 Å². The summed E-state index contributed by atoms with van der Waals surface area (Å²) in [5, 5.41) is 6.69. The van der Waals surface area contributed by atoms with Gasteiger partial charge in [0.1, 0.15) is 5.75 Å². The molecule has 0 aliphatic carbocycles. The largest absolute Gasteiger partial charge is 0.493 e. The Morgan fingerprint density at radius 1 is 1.31 bits per heavy atom. The molecule has 1 unspecified atom stereocenters. The van der Waals surface area contributed by atoms with Crippen LogP contribution in [0.2, 0.25) is 0 Å². The maximum Gasteiger partial charge on any atom is 0.191 e. The maximum absolute atomic E-state index is 5.80. The molecule has 0 bridgehead atoms. The van der Waals surface area contributed by atoms with Crippen LogP contribution in [0.3, 0.4) is 0 Å². The molecule has 26 heavy (non-hydrogen) atoms. The van der Waals surface area contributed by atoms with E-state index < -0.39 is 0 Å². The molecule has 1 aliphatic rings. The summed E-state index contributed by atoms with van der Waals surface area (Å²) in [6.07, 6.45) is 3.09. The summed E-state index contributed by atoms with van der Waals surface area (Å²) in [6.45, 7) is 5.81. The Balaban J connectivity index is 0.00000338. The summed E-state index contributed by atoms with van der Waals surface area (Å²) >= 11 is 0. The fourth-order valence-electron chi connectivity index (χ4n) is 2.79. The number of aliphatic imine (C=N–C) groups is 1. The minimum Gasteiger partial charge on any atom is -0.493 e. The summed E-state index contributed by atoms with van der Waals surface area (Å²) < 4.78 is 16.6. The molecule has 148 valence electrons. The van der Waals surface area contributed by atoms with Gasteiger partial charge in [-0.05, 0) is 37.5 Å². The molecular formula is C19H32IN3O3. The second-order valence-corrected chi connectivity index (χ2v) is 6.52. The Hall–Kier alpha value is -1.06. The van der Waals surface area contributed by atoms with Crippen LogP contribution in [0.4, 0.5) is 0 Å². The Kier molecular flexibility index (Phi) is 10.9. The number of halogens is 1. The van der Waals surface area contributed by atoms with Gasteiger partial charge in [0, 0.05) is 46.9 Å². The lowest BCUT2D eigenvalue weighted by atomic mass is 10.0. The van der Waals surface area contributed by atoms with E-state index in [9.17, 15) is 0 Å². The zero-order chi connectivity index (χ0) is 18.0. The molecule has 0 amide bonds. The quantitative estimate of drug-likeness (QED) is 0.248. The lowest BCUT2D eigenvalue weighted by molar-refractivity contribution is 0.0243. The molecule has 6 nitrogen and oxygen atoms in total. The first-order valence-corrected chi connectivity index (χ1v) is 8.94. The van der Waals surface area contributed by atoms with Crippen LogP contribution in [-0.4, -0.2) is 52.1 Å². The second-order valence-electron chi connectivity index (χ2n) is 6.52. The summed E-state index contributed by atoms with van der Waals surface area (Å²) in [5.74, 6) is 1.66. The van der Waals surface area contributed by atoms with E-state index in [-0.39, 0.29) is 29.6 Å². The third-order valence-corrected chi connectivity index (χ3v) is 4.27. The number of nitrogens with zero attached hydrogens (tertiary/aromatic N) is 1. The predicted octanol–water partition coefficient (Wildman–Crippen LogP) is 2.95. The summed E-state index contributed by atoms with van der Waals surface area (Å²) in [6, 6.07) is 8.10. The van der Waals surface area contributed by atoms with E-state index in [1.807, 2.05) is 12.1 Å². The highest BCUT2D eigenvalue weighted by molar-refractivity contribution is 14.0. The van der Waals surface area contributed by atoms with Crippen LogP contribution >= 0.6 is 24.0 Å². The van der Waals surface area contributed by atoms with Crippen molar-refractivity contribution in [2.45, 2.75) is 38.3 Å². The molecule has 1 saturated heterocycles. The van der Waals surface area contributed by atoms with Gasteiger partial charge in [-0.3, -0.25) is 4.99 Å². The van der Waals surface area contributed by atoms with Gasteiger partial charge in [-0.15, -0.1) is 24.0 Å². The van der Waals surface area contributed by atoms with Crippen molar-refractivity contribution in [2.24, 2.45) is 4.99 Å². The topological polar surface area (TPSA) is 64.1 Å². The highest BCUT2D eigenvalue weighted by Crippen LogP contribution is 2.23. The van der Waals surface area contributed by atoms with E-state index >= 15 is 0 Å². The fourth-order valence-corrected chi connectivity index (χ4v) is 2.79. The van der Waals surface area contributed by atoms with Crippen LogP contribution in [0.1, 0.15) is 31.7 Å². The minimum absolute atomic E-state index is 0. The van der Waals surface area contributed by atoms with E-state index in [0.29, 0.717) is 19.8 Å². The number of methoxy groups -OCH3 is 1. The van der Waals surface area contributed by atoms with E-state index in [0.717, 1.165) is 49.7 Å². The summed E-state index contributed by atoms with van der Waals surface area (Å²) in [7, 11) is 3.48. The van der Waals surface area contributed by atoms with Gasteiger partial charge in [-0.2, -0.15) is 0 Å². The smallest absolute Gasteiger partial charge is 0.191 e. The van der Waals surface area contributed by atoms with Crippen LogP contribution < -0.4 is 15.4 Å². The van der Waals surface area contributed by atoms with E-state index in [4.69, 9.17) is 14.2 Å². The van der Waals surface area contributed by atoms with Gasteiger partial charge in [0.2, 0.25) is 0 Å². The molecule has 1 heterocycles. The Labute approximate surface area is 174 Å². The van der Waals surface area contributed by atoms with Gasteiger partial charge in [-0.25, -0.2) is 0 Å². The van der Waals surface area contributed by atoms with Crippen molar-refractivity contribution in [3.05, 3.63) is 29.8 Å². The molecule has 1 aromatic rings. The molecule has 7 heteroatoms. The molecule has 0 spiro atoms. The predicted molar refractivity (Wildman–Crippen MR) is 116 cm³/mol. The number of benzene rings is 1. The number of guanidine groups is 1. The highest BCUT2D eigenvalue weighted by atomic mass is 127. The van der Waals surface area contributed by atoms with Crippen molar-refractivity contribution >= 4 is 29.9 Å². The lowest BCUT2D eigenvalue weighted by Crippen LogP contribution is -2.45. The molecule has 2 rings (SSSR count). The van der Waals surface area contributed by atoms with Gasteiger partial charge < -0.3 is 24.8 Å². The third kappa shape index (κ3) is 8.09. The monoisotopic (exact) mass is 477 g/mol. The van der Waals surface area contributed by atoms with Crippen LogP contribution in [0.5, 0.6) is 5.75 Å². The van der Waals surface area contributed by atoms with Gasteiger partial charge in [0.05, 0.1) is 12.2 Å². The molecule has 0 aromatic heterocycles. The summed E-state index contributed by atoms with van der Waals surface area (Å²) in [5.41, 5.74) is 1.06. The third-order valence-electron chi connectivity index (χ3n) is 4.27. The summed E-state index contributed by atoms with van der Waals surface area (Å²) in [4.78, 5) is 4.28. The Bertz CT molecular complexity index is 549. The van der Waals surface area contributed by atoms with Gasteiger partial charge in [0.15, 0.2) is 5.96 Å². The minimum atomic E-state index is -0.0897. The first kappa shape index (κ1) is 23.0. The van der Waals surface area contributed by atoms with Gasteiger partial charge in [-0.1, -0.05) is 12.1 Å². The number of hydrogen-bond donors (Lipinski definition) is 2. The van der Waals surface area contributed by atoms with Crippen molar-refractivity contribution < 1.29 is 14.2 Å². The Morgan fingerprint density at radius 3 is 2.85 bits per heavy atom. The molecular weight excluding hydrogens is 445 g/mol. The van der Waals surface area contributed by atoms with E-state index in [1.54, 1.807) is 14.2 Å². The number of rotatable bonds is 9. The lowest BCUT2D eigenvalue weighted by Gasteiger charge is -2.24. The zero-order valence-corrected chi connectivity index (χ0v) is 18.4. The van der Waals surface area contributed by atoms with Gasteiger partial charge >= 0.3 is 0 Å². The van der Waals surface area contributed by atoms with Gasteiger partial charge in [0.25, 0.3) is 0 Å². The molecule has 1 atom stereocenters. The highest BCUT2D eigenvalue weighted by Gasteiger charge is 2.29. The maximum atomic E-state index is 5.80. The van der Waals surface area contributed by atoms with Crippen LogP contribution in [0.15, 0.2) is 29.3 Å². The van der Waals surface area contributed by atoms with Crippen LogP contribution in [0, 0.1) is 0 Å². The molecule has 0 radical (unpaired) electrons. The zero-order valence-electron chi connectivity index (χ0n) is 16.0. The molecule has 1 aliphatic heterocycles. The number of nitrogens with one attached hydrogen (secondary N) is 2. The molecule has 1 fully saturated rings. The average Bonchev–Trinajstić information content (AvgIpc) is 3.06. The SMILES string of the molecule is CN=C(NCc1cccc(OCCCOC)c1)NCC1(C)CCCO1.I. The normalized spacial score (nSPS) is 19.7. The average molecular weight is 477 g/mol. The first-order valence-electron chi connectivity index (χ1n) is 8.94. The van der Waals surface area contributed by atoms with Crippen LogP contribution in [-0.2, 0) is 16.0 Å². The standard InChI is InChI=1S/C19H31N3O3.HI/c1-19(9-5-12-25-19)15-22-18(20-2)21-14-16-7-4-8-17(13-16)24-11-6-10-23-3;/h4,7-8,13H,5-6,9-12,14-15H2,1-3H3,(H2,20,21,22);1H. The first-order chi connectivity index (χ1) is 12.1. The molecule has 0 saturated carbocycles. The fraction of sp³-hybridized carbons (Fsp3) is 0.632. The molecule has 2 N–H and O–H groups in total. The van der Waals surface area contributed by atoms with E-state index in [2.05, 4.69) is 34.7 Å². The van der Waals surface area contributed by atoms with Crippen molar-refractivity contribution in [1.29, 1.82) is 0 Å². The van der Waals surface area contributed by atoms with Crippen molar-refractivity contribution in [3.63, 3.8) is 0 Å². The van der Waals surface area contributed by atoms with Crippen molar-refractivity contribution in [2.75, 3.05) is 40.5 Å². The Morgan fingerprint density at radius 2 is 2.15 bits per heavy atom. The van der Waals surface area contributed by atoms with Crippen molar-refractivity contribution in [1.82, 2.24) is 10.6 Å². The second kappa shape index (κ2) is 12.3. The van der Waals surface area contributed by atoms with Crippen LogP contribution in [0.25, 0.3) is 0 Å². The number of hydrogen-bond acceptors (Lipinski definition) is 4. The number of ether oxygens (including phenoxy) is 3.